The zero-order valence-electron chi connectivity index (χ0n) is 10.8. The zero-order valence-corrected chi connectivity index (χ0v) is 10.8. The third-order valence-corrected chi connectivity index (χ3v) is 3.31. The quantitative estimate of drug-likeness (QED) is 0.789. The van der Waals surface area contributed by atoms with Crippen LogP contribution in [-0.4, -0.2) is 21.3 Å². The molecule has 0 fully saturated rings. The molecule has 0 saturated heterocycles. The largest absolute Gasteiger partial charge is 0.396 e. The second-order valence-corrected chi connectivity index (χ2v) is 4.54. The second kappa shape index (κ2) is 5.16. The smallest absolute Gasteiger partial charge is 0.107 e. The summed E-state index contributed by atoms with van der Waals surface area (Å²) < 4.78 is 1.96. The van der Waals surface area contributed by atoms with Crippen LogP contribution in [0.15, 0.2) is 48.8 Å². The summed E-state index contributed by atoms with van der Waals surface area (Å²) in [6.07, 6.45) is 2.39. The van der Waals surface area contributed by atoms with Gasteiger partial charge in [0, 0.05) is 12.3 Å². The highest BCUT2D eigenvalue weighted by Gasteiger charge is 2.07. The van der Waals surface area contributed by atoms with Gasteiger partial charge in [-0.1, -0.05) is 18.2 Å². The van der Waals surface area contributed by atoms with Crippen molar-refractivity contribution in [3.8, 4) is 11.8 Å². The van der Waals surface area contributed by atoms with Gasteiger partial charge in [-0.15, -0.1) is 0 Å². The van der Waals surface area contributed by atoms with Gasteiger partial charge < -0.3 is 5.11 Å². The van der Waals surface area contributed by atoms with E-state index in [1.54, 1.807) is 12.4 Å². The number of nitrogens with zero attached hydrogens (tertiary/aromatic N) is 3. The molecule has 3 aromatic rings. The van der Waals surface area contributed by atoms with Gasteiger partial charge in [0.2, 0.25) is 0 Å². The van der Waals surface area contributed by atoms with Crippen LogP contribution in [0.1, 0.15) is 11.1 Å². The first-order valence-electron chi connectivity index (χ1n) is 6.40. The molecule has 2 aromatic carbocycles. The SMILES string of the molecule is N#Cc1cccc2c1ncn2-c1ccc(CCO)cc1. The Hall–Kier alpha value is -2.64. The lowest BCUT2D eigenvalue weighted by Crippen LogP contribution is -1.94. The average molecular weight is 263 g/mol. The molecule has 20 heavy (non-hydrogen) atoms. The van der Waals surface area contributed by atoms with Crippen LogP contribution in [0, 0.1) is 11.3 Å². The highest BCUT2D eigenvalue weighted by molar-refractivity contribution is 5.83. The first-order valence-corrected chi connectivity index (χ1v) is 6.40. The van der Waals surface area contributed by atoms with Gasteiger partial charge in [-0.05, 0) is 36.2 Å². The lowest BCUT2D eigenvalue weighted by Gasteiger charge is -2.05. The number of hydrogen-bond donors (Lipinski definition) is 1. The molecule has 0 unspecified atom stereocenters. The molecule has 0 radical (unpaired) electrons. The number of imidazole rings is 1. The van der Waals surface area contributed by atoms with Gasteiger partial charge >= 0.3 is 0 Å². The number of benzene rings is 2. The predicted molar refractivity (Wildman–Crippen MR) is 76.6 cm³/mol. The maximum Gasteiger partial charge on any atom is 0.107 e. The van der Waals surface area contributed by atoms with Crippen LogP contribution in [0.25, 0.3) is 16.7 Å². The van der Waals surface area contributed by atoms with Crippen LogP contribution in [0.4, 0.5) is 0 Å². The summed E-state index contributed by atoms with van der Waals surface area (Å²) >= 11 is 0. The molecule has 0 saturated carbocycles. The Morgan fingerprint density at radius 1 is 1.15 bits per heavy atom. The summed E-state index contributed by atoms with van der Waals surface area (Å²) in [4.78, 5) is 4.33. The number of aliphatic hydroxyl groups excluding tert-OH is 1. The molecular weight excluding hydrogens is 250 g/mol. The van der Waals surface area contributed by atoms with Crippen molar-refractivity contribution in [2.24, 2.45) is 0 Å². The maximum atomic E-state index is 9.09. The van der Waals surface area contributed by atoms with E-state index in [9.17, 15) is 0 Å². The van der Waals surface area contributed by atoms with Crippen molar-refractivity contribution in [1.82, 2.24) is 9.55 Å². The second-order valence-electron chi connectivity index (χ2n) is 4.54. The van der Waals surface area contributed by atoms with Crippen molar-refractivity contribution in [2.45, 2.75) is 6.42 Å². The lowest BCUT2D eigenvalue weighted by atomic mass is 10.1. The normalized spacial score (nSPS) is 10.6. The Kier molecular flexibility index (Phi) is 3.20. The molecule has 0 aliphatic rings. The number of aliphatic hydroxyl groups is 1. The van der Waals surface area contributed by atoms with Crippen LogP contribution >= 0.6 is 0 Å². The third-order valence-electron chi connectivity index (χ3n) is 3.31. The van der Waals surface area contributed by atoms with Crippen LogP contribution in [0.3, 0.4) is 0 Å². The van der Waals surface area contributed by atoms with Crippen molar-refractivity contribution < 1.29 is 5.11 Å². The van der Waals surface area contributed by atoms with E-state index >= 15 is 0 Å². The molecule has 0 spiro atoms. The number of rotatable bonds is 3. The fraction of sp³-hybridized carbons (Fsp3) is 0.125. The van der Waals surface area contributed by atoms with E-state index in [4.69, 9.17) is 10.4 Å². The van der Waals surface area contributed by atoms with Crippen LogP contribution in [0.5, 0.6) is 0 Å². The Bertz CT molecular complexity index is 782. The van der Waals surface area contributed by atoms with Gasteiger partial charge in [0.25, 0.3) is 0 Å². The van der Waals surface area contributed by atoms with Crippen molar-refractivity contribution in [1.29, 1.82) is 5.26 Å². The Morgan fingerprint density at radius 3 is 2.65 bits per heavy atom. The van der Waals surface area contributed by atoms with Gasteiger partial charge in [0.1, 0.15) is 17.9 Å². The molecule has 0 aliphatic carbocycles. The standard InChI is InChI=1S/C16H13N3O/c17-10-13-2-1-3-15-16(13)18-11-19(15)14-6-4-12(5-7-14)8-9-20/h1-7,11,20H,8-9H2. The van der Waals surface area contributed by atoms with E-state index in [1.807, 2.05) is 41.0 Å². The minimum absolute atomic E-state index is 0.152. The van der Waals surface area contributed by atoms with E-state index in [0.717, 1.165) is 22.3 Å². The summed E-state index contributed by atoms with van der Waals surface area (Å²) in [5, 5.41) is 18.0. The first kappa shape index (κ1) is 12.4. The van der Waals surface area contributed by atoms with Gasteiger partial charge in [-0.25, -0.2) is 4.98 Å². The van der Waals surface area contributed by atoms with E-state index < -0.39 is 0 Å². The minimum atomic E-state index is 0.152. The Labute approximate surface area is 116 Å². The molecule has 0 bridgehead atoms. The Morgan fingerprint density at radius 2 is 1.95 bits per heavy atom. The van der Waals surface area contributed by atoms with Crippen molar-refractivity contribution in [3.63, 3.8) is 0 Å². The topological polar surface area (TPSA) is 61.8 Å². The molecule has 1 heterocycles. The number of para-hydroxylation sites is 1. The maximum absolute atomic E-state index is 9.09. The molecule has 4 heteroatoms. The van der Waals surface area contributed by atoms with Crippen molar-refractivity contribution in [2.75, 3.05) is 6.61 Å². The van der Waals surface area contributed by atoms with E-state index in [1.165, 1.54) is 0 Å². The third kappa shape index (κ3) is 2.04. The van der Waals surface area contributed by atoms with Crippen molar-refractivity contribution in [3.05, 3.63) is 59.9 Å². The first-order chi connectivity index (χ1) is 9.83. The summed E-state index contributed by atoms with van der Waals surface area (Å²) in [5.41, 5.74) is 4.30. The number of hydrogen-bond acceptors (Lipinski definition) is 3. The molecule has 98 valence electrons. The van der Waals surface area contributed by atoms with E-state index in [2.05, 4.69) is 11.1 Å². The predicted octanol–water partition coefficient (Wildman–Crippen LogP) is 2.43. The van der Waals surface area contributed by atoms with Crippen molar-refractivity contribution >= 4 is 11.0 Å². The molecule has 1 aromatic heterocycles. The van der Waals surface area contributed by atoms with Crippen LogP contribution in [-0.2, 0) is 6.42 Å². The zero-order chi connectivity index (χ0) is 13.9. The number of fused-ring (bicyclic) bond motifs is 1. The molecule has 1 N–H and O–H groups in total. The van der Waals surface area contributed by atoms with E-state index in [-0.39, 0.29) is 6.61 Å². The van der Waals surface area contributed by atoms with Gasteiger partial charge in [-0.2, -0.15) is 5.26 Å². The fourth-order valence-electron chi connectivity index (χ4n) is 2.29. The monoisotopic (exact) mass is 263 g/mol. The van der Waals surface area contributed by atoms with Gasteiger partial charge in [0.05, 0.1) is 11.1 Å². The van der Waals surface area contributed by atoms with Gasteiger partial charge in [0.15, 0.2) is 0 Å². The summed E-state index contributed by atoms with van der Waals surface area (Å²) in [7, 11) is 0. The highest BCUT2D eigenvalue weighted by atomic mass is 16.2. The van der Waals surface area contributed by atoms with Crippen LogP contribution < -0.4 is 0 Å². The molecule has 0 aliphatic heterocycles. The van der Waals surface area contributed by atoms with Gasteiger partial charge in [-0.3, -0.25) is 4.57 Å². The summed E-state index contributed by atoms with van der Waals surface area (Å²) in [6.45, 7) is 0.152. The molecular formula is C16H13N3O. The molecule has 0 amide bonds. The highest BCUT2D eigenvalue weighted by Crippen LogP contribution is 2.21. The fourth-order valence-corrected chi connectivity index (χ4v) is 2.29. The van der Waals surface area contributed by atoms with Crippen LogP contribution in [0.2, 0.25) is 0 Å². The summed E-state index contributed by atoms with van der Waals surface area (Å²) in [6, 6.07) is 15.7. The lowest BCUT2D eigenvalue weighted by molar-refractivity contribution is 0.299. The molecule has 3 rings (SSSR count). The Balaban J connectivity index is 2.08. The molecule has 4 nitrogen and oxygen atoms in total. The minimum Gasteiger partial charge on any atom is -0.396 e. The number of nitriles is 1. The molecule has 0 atom stereocenters. The summed E-state index contributed by atoms with van der Waals surface area (Å²) in [5.74, 6) is 0. The average Bonchev–Trinajstić information content (AvgIpc) is 2.92. The van der Waals surface area contributed by atoms with E-state index in [0.29, 0.717) is 12.0 Å². The number of aromatic nitrogens is 2.